The van der Waals surface area contributed by atoms with Crippen molar-refractivity contribution in [2.45, 2.75) is 77.2 Å². The lowest BCUT2D eigenvalue weighted by molar-refractivity contribution is -0.140. The number of ether oxygens (including phenoxy) is 2. The maximum absolute atomic E-state index is 14.9. The lowest BCUT2D eigenvalue weighted by Crippen LogP contribution is -2.30. The van der Waals surface area contributed by atoms with Crippen molar-refractivity contribution in [3.63, 3.8) is 0 Å². The molecule has 2 aliphatic rings. The first-order chi connectivity index (χ1) is 21.5. The van der Waals surface area contributed by atoms with Gasteiger partial charge in [-0.15, -0.1) is 0 Å². The Kier molecular flexibility index (Phi) is 10.1. The van der Waals surface area contributed by atoms with Crippen molar-refractivity contribution in [2.75, 3.05) is 6.61 Å². The smallest absolute Gasteiger partial charge is 0.314 e. The molecule has 0 aromatic heterocycles. The molecule has 2 fully saturated rings. The summed E-state index contributed by atoms with van der Waals surface area (Å²) in [5.41, 5.74) is -1.02. The van der Waals surface area contributed by atoms with Gasteiger partial charge in [0, 0.05) is 16.7 Å². The topological polar surface area (TPSA) is 55.8 Å². The third kappa shape index (κ3) is 6.71. The van der Waals surface area contributed by atoms with Gasteiger partial charge in [0.1, 0.15) is 0 Å². The molecule has 0 saturated heterocycles. The average Bonchev–Trinajstić information content (AvgIpc) is 3.03. The molecule has 2 aliphatic carbocycles. The molecule has 45 heavy (non-hydrogen) atoms. The van der Waals surface area contributed by atoms with Crippen LogP contribution in [0.4, 0.5) is 26.3 Å². The number of carbonyl (C=O) groups excluding carboxylic acids is 1. The van der Waals surface area contributed by atoms with Crippen molar-refractivity contribution in [1.29, 1.82) is 0 Å². The van der Waals surface area contributed by atoms with E-state index in [1.54, 1.807) is 13.0 Å². The zero-order chi connectivity index (χ0) is 32.4. The summed E-state index contributed by atoms with van der Waals surface area (Å²) in [6.45, 7) is 3.20. The van der Waals surface area contributed by atoms with Crippen LogP contribution >= 0.6 is 0 Å². The minimum Gasteiger partial charge on any atom is -0.491 e. The summed E-state index contributed by atoms with van der Waals surface area (Å²) in [7, 11) is 0. The molecule has 10 heteroatoms. The average molecular weight is 635 g/mol. The van der Waals surface area contributed by atoms with E-state index in [2.05, 4.69) is 0 Å². The van der Waals surface area contributed by atoms with Gasteiger partial charge in [0.25, 0.3) is 0 Å². The van der Waals surface area contributed by atoms with Crippen LogP contribution < -0.4 is 9.47 Å². The van der Waals surface area contributed by atoms with Gasteiger partial charge < -0.3 is 14.6 Å². The van der Waals surface area contributed by atoms with E-state index in [0.29, 0.717) is 30.2 Å². The Balaban J connectivity index is 1.16. The van der Waals surface area contributed by atoms with Crippen molar-refractivity contribution in [2.24, 2.45) is 17.8 Å². The van der Waals surface area contributed by atoms with Gasteiger partial charge in [-0.1, -0.05) is 18.2 Å². The Morgan fingerprint density at radius 3 is 1.84 bits per heavy atom. The summed E-state index contributed by atoms with van der Waals surface area (Å²) in [6, 6.07) is 7.26. The summed E-state index contributed by atoms with van der Waals surface area (Å²) in [5.74, 6) is -8.79. The molecule has 1 atom stereocenters. The second kappa shape index (κ2) is 13.8. The van der Waals surface area contributed by atoms with Crippen molar-refractivity contribution in [3.05, 3.63) is 82.4 Å². The maximum Gasteiger partial charge on any atom is 0.314 e. The highest BCUT2D eigenvalue weighted by Crippen LogP contribution is 2.45. The van der Waals surface area contributed by atoms with Gasteiger partial charge in [-0.3, -0.25) is 4.79 Å². The molecule has 2 saturated carbocycles. The number of rotatable bonds is 8. The molecular weight excluding hydrogens is 598 g/mol. The fraction of sp³-hybridized carbons (Fsp3) is 0.457. The highest BCUT2D eigenvalue weighted by atomic mass is 19.2. The SMILES string of the molecule is CCOc1ccc(C2CCC(C3CCC(C(=O)Oc4ccc(-c5ccc(C(C)O)c(F)c5F)c(F)c4F)CC3)CC2)c(F)c1F. The molecular formula is C35H36F6O4. The zero-order valence-electron chi connectivity index (χ0n) is 25.2. The molecule has 0 amide bonds. The van der Waals surface area contributed by atoms with Crippen molar-refractivity contribution in [1.82, 2.24) is 0 Å². The Morgan fingerprint density at radius 1 is 0.711 bits per heavy atom. The fourth-order valence-corrected chi connectivity index (χ4v) is 6.96. The van der Waals surface area contributed by atoms with Crippen LogP contribution in [0.15, 0.2) is 36.4 Å². The molecule has 3 aromatic carbocycles. The van der Waals surface area contributed by atoms with E-state index < -0.39 is 69.8 Å². The molecule has 0 radical (unpaired) electrons. The van der Waals surface area contributed by atoms with Gasteiger partial charge in [-0.05, 0) is 107 Å². The predicted octanol–water partition coefficient (Wildman–Crippen LogP) is 9.33. The van der Waals surface area contributed by atoms with Crippen molar-refractivity contribution >= 4 is 5.97 Å². The number of hydrogen-bond donors (Lipinski definition) is 1. The van der Waals surface area contributed by atoms with E-state index in [4.69, 9.17) is 9.47 Å². The van der Waals surface area contributed by atoms with Crippen LogP contribution in [0, 0.1) is 52.7 Å². The van der Waals surface area contributed by atoms with E-state index in [1.807, 2.05) is 0 Å². The summed E-state index contributed by atoms with van der Waals surface area (Å²) in [4.78, 5) is 12.9. The number of hydrogen-bond acceptors (Lipinski definition) is 4. The van der Waals surface area contributed by atoms with Crippen LogP contribution in [0.3, 0.4) is 0 Å². The van der Waals surface area contributed by atoms with Crippen molar-refractivity contribution < 1.29 is 45.7 Å². The Bertz CT molecular complexity index is 1540. The lowest BCUT2D eigenvalue weighted by atomic mass is 9.68. The molecule has 0 heterocycles. The van der Waals surface area contributed by atoms with E-state index >= 15 is 0 Å². The largest absolute Gasteiger partial charge is 0.491 e. The number of aliphatic hydroxyl groups is 1. The third-order valence-electron chi connectivity index (χ3n) is 9.47. The van der Waals surface area contributed by atoms with Gasteiger partial charge in [-0.2, -0.15) is 8.78 Å². The van der Waals surface area contributed by atoms with Crippen LogP contribution in [0.25, 0.3) is 11.1 Å². The second-order valence-electron chi connectivity index (χ2n) is 12.1. The summed E-state index contributed by atoms with van der Waals surface area (Å²) >= 11 is 0. The molecule has 3 aromatic rings. The fourth-order valence-electron chi connectivity index (χ4n) is 6.96. The summed E-state index contributed by atoms with van der Waals surface area (Å²) < 4.78 is 98.3. The normalized spacial score (nSPS) is 22.6. The first-order valence-electron chi connectivity index (χ1n) is 15.5. The van der Waals surface area contributed by atoms with Gasteiger partial charge >= 0.3 is 5.97 Å². The van der Waals surface area contributed by atoms with Crippen LogP contribution in [-0.4, -0.2) is 17.7 Å². The third-order valence-corrected chi connectivity index (χ3v) is 9.47. The molecule has 0 aliphatic heterocycles. The zero-order valence-corrected chi connectivity index (χ0v) is 25.2. The number of benzene rings is 3. The lowest BCUT2D eigenvalue weighted by Gasteiger charge is -2.37. The van der Waals surface area contributed by atoms with Crippen LogP contribution in [0.1, 0.15) is 88.4 Å². The number of esters is 1. The van der Waals surface area contributed by atoms with Crippen LogP contribution in [-0.2, 0) is 4.79 Å². The highest BCUT2D eigenvalue weighted by Gasteiger charge is 2.35. The Hall–Kier alpha value is -3.53. The summed E-state index contributed by atoms with van der Waals surface area (Å²) in [5, 5.41) is 9.57. The second-order valence-corrected chi connectivity index (χ2v) is 12.1. The minimum atomic E-state index is -1.49. The number of carbonyl (C=O) groups is 1. The quantitative estimate of drug-likeness (QED) is 0.152. The van der Waals surface area contributed by atoms with E-state index in [-0.39, 0.29) is 23.8 Å². The van der Waals surface area contributed by atoms with Gasteiger partial charge in [0.15, 0.2) is 34.8 Å². The first kappa shape index (κ1) is 32.9. The molecule has 4 nitrogen and oxygen atoms in total. The first-order valence-corrected chi connectivity index (χ1v) is 15.5. The van der Waals surface area contributed by atoms with Crippen LogP contribution in [0.2, 0.25) is 0 Å². The molecule has 1 unspecified atom stereocenters. The molecule has 1 N–H and O–H groups in total. The van der Waals surface area contributed by atoms with Gasteiger partial charge in [-0.25, -0.2) is 17.6 Å². The molecule has 242 valence electrons. The number of aliphatic hydroxyl groups excluding tert-OH is 1. The van der Waals surface area contributed by atoms with Gasteiger partial charge in [0.05, 0.1) is 18.6 Å². The standard InChI is InChI=1S/C35H36F6O4/c1-3-44-27-16-14-24(30(37)33(27)40)21-8-4-19(5-9-21)20-6-10-22(11-7-20)35(43)45-28-17-15-26(32(39)34(28)41)25-13-12-23(18(2)42)29(36)31(25)38/h12-22,42H,3-11H2,1-2H3. The monoisotopic (exact) mass is 634 g/mol. The summed E-state index contributed by atoms with van der Waals surface area (Å²) in [6.07, 6.45) is 4.44. The van der Waals surface area contributed by atoms with E-state index in [0.717, 1.165) is 62.8 Å². The van der Waals surface area contributed by atoms with Crippen LogP contribution in [0.5, 0.6) is 11.5 Å². The Labute approximate surface area is 258 Å². The van der Waals surface area contributed by atoms with Crippen molar-refractivity contribution in [3.8, 4) is 22.6 Å². The van der Waals surface area contributed by atoms with Gasteiger partial charge in [0.2, 0.25) is 11.6 Å². The predicted molar refractivity (Wildman–Crippen MR) is 156 cm³/mol. The number of halogens is 6. The highest BCUT2D eigenvalue weighted by molar-refractivity contribution is 5.76. The molecule has 5 rings (SSSR count). The molecule has 0 bridgehead atoms. The van der Waals surface area contributed by atoms with E-state index in [1.165, 1.54) is 13.0 Å². The van der Waals surface area contributed by atoms with E-state index in [9.17, 15) is 36.2 Å². The Morgan fingerprint density at radius 2 is 1.24 bits per heavy atom. The minimum absolute atomic E-state index is 0.0708. The maximum atomic E-state index is 14.9. The molecule has 0 spiro atoms.